The van der Waals surface area contributed by atoms with Gasteiger partial charge in [-0.15, -0.1) is 0 Å². The molecule has 2 rings (SSSR count). The van der Waals surface area contributed by atoms with Gasteiger partial charge in [0.15, 0.2) is 0 Å². The average molecular weight is 249 g/mol. The minimum Gasteiger partial charge on any atom is -0.466 e. The molecule has 98 valence electrons. The molecule has 0 saturated carbocycles. The van der Waals surface area contributed by atoms with Crippen molar-refractivity contribution in [3.05, 3.63) is 18.1 Å². The van der Waals surface area contributed by atoms with E-state index in [0.29, 0.717) is 6.61 Å². The summed E-state index contributed by atoms with van der Waals surface area (Å²) < 4.78 is 5.06. The van der Waals surface area contributed by atoms with Crippen molar-refractivity contribution in [3.8, 4) is 0 Å². The monoisotopic (exact) mass is 249 g/mol. The zero-order valence-electron chi connectivity index (χ0n) is 10.9. The molecule has 1 aliphatic rings. The molecule has 1 aliphatic heterocycles. The van der Waals surface area contributed by atoms with Crippen LogP contribution in [0.1, 0.15) is 25.5 Å². The third kappa shape index (κ3) is 2.97. The maximum Gasteiger partial charge on any atom is 0.309 e. The summed E-state index contributed by atoms with van der Waals surface area (Å²) in [4.78, 5) is 22.2. The van der Waals surface area contributed by atoms with Crippen LogP contribution in [0.3, 0.4) is 0 Å². The molecular weight excluding hydrogens is 230 g/mol. The minimum absolute atomic E-state index is 0.0455. The zero-order valence-corrected chi connectivity index (χ0v) is 10.9. The number of ether oxygens (including phenoxy) is 1. The van der Waals surface area contributed by atoms with Crippen molar-refractivity contribution in [2.45, 2.75) is 26.7 Å². The van der Waals surface area contributed by atoms with Crippen LogP contribution in [0.2, 0.25) is 0 Å². The van der Waals surface area contributed by atoms with Gasteiger partial charge in [0.05, 0.1) is 12.5 Å². The predicted octanol–water partition coefficient (Wildman–Crippen LogP) is 1.56. The number of nitrogens with zero attached hydrogens (tertiary/aromatic N) is 3. The first kappa shape index (κ1) is 12.8. The van der Waals surface area contributed by atoms with Gasteiger partial charge in [-0.1, -0.05) is 0 Å². The number of piperidine rings is 1. The Hall–Kier alpha value is -1.65. The third-order valence-corrected chi connectivity index (χ3v) is 3.23. The molecule has 2 heterocycles. The Labute approximate surface area is 107 Å². The Balaban J connectivity index is 1.92. The van der Waals surface area contributed by atoms with E-state index in [0.717, 1.165) is 37.4 Å². The highest BCUT2D eigenvalue weighted by atomic mass is 16.5. The Morgan fingerprint density at radius 2 is 2.17 bits per heavy atom. The van der Waals surface area contributed by atoms with Crippen molar-refractivity contribution in [1.29, 1.82) is 0 Å². The van der Waals surface area contributed by atoms with Gasteiger partial charge in [0.25, 0.3) is 0 Å². The summed E-state index contributed by atoms with van der Waals surface area (Å²) in [6, 6.07) is 1.98. The van der Waals surface area contributed by atoms with Crippen molar-refractivity contribution in [3.63, 3.8) is 0 Å². The topological polar surface area (TPSA) is 55.3 Å². The van der Waals surface area contributed by atoms with Gasteiger partial charge < -0.3 is 9.64 Å². The van der Waals surface area contributed by atoms with E-state index in [9.17, 15) is 4.79 Å². The van der Waals surface area contributed by atoms with Crippen molar-refractivity contribution >= 4 is 11.8 Å². The molecule has 5 nitrogen and oxygen atoms in total. The summed E-state index contributed by atoms with van der Waals surface area (Å²) >= 11 is 0. The van der Waals surface area contributed by atoms with Crippen LogP contribution in [0, 0.1) is 12.8 Å². The molecule has 18 heavy (non-hydrogen) atoms. The number of aryl methyl sites for hydroxylation is 1. The van der Waals surface area contributed by atoms with Crippen LogP contribution < -0.4 is 4.90 Å². The standard InChI is InChI=1S/C13H19N3O2/c1-3-18-13(17)11-4-6-16(7-5-11)12-8-10(2)14-9-15-12/h8-9,11H,3-7H2,1-2H3. The fourth-order valence-corrected chi connectivity index (χ4v) is 2.22. The van der Waals surface area contributed by atoms with Crippen LogP contribution in [0.15, 0.2) is 12.4 Å². The fraction of sp³-hybridized carbons (Fsp3) is 0.615. The quantitative estimate of drug-likeness (QED) is 0.761. The second kappa shape index (κ2) is 5.80. The fourth-order valence-electron chi connectivity index (χ4n) is 2.22. The number of carbonyl (C=O) groups is 1. The Morgan fingerprint density at radius 3 is 2.78 bits per heavy atom. The molecule has 0 spiro atoms. The van der Waals surface area contributed by atoms with E-state index in [1.807, 2.05) is 19.9 Å². The summed E-state index contributed by atoms with van der Waals surface area (Å²) in [5.74, 6) is 0.935. The number of hydrogen-bond acceptors (Lipinski definition) is 5. The van der Waals surface area contributed by atoms with E-state index in [4.69, 9.17) is 4.74 Å². The lowest BCUT2D eigenvalue weighted by Gasteiger charge is -2.31. The first-order valence-corrected chi connectivity index (χ1v) is 6.41. The second-order valence-electron chi connectivity index (χ2n) is 4.53. The molecule has 1 aromatic heterocycles. The first-order valence-electron chi connectivity index (χ1n) is 6.41. The molecular formula is C13H19N3O2. The molecule has 0 aliphatic carbocycles. The van der Waals surface area contributed by atoms with Crippen LogP contribution in [-0.2, 0) is 9.53 Å². The lowest BCUT2D eigenvalue weighted by Crippen LogP contribution is -2.37. The van der Waals surface area contributed by atoms with Gasteiger partial charge in [-0.25, -0.2) is 9.97 Å². The average Bonchev–Trinajstić information content (AvgIpc) is 2.39. The largest absolute Gasteiger partial charge is 0.466 e. The molecule has 0 N–H and O–H groups in total. The highest BCUT2D eigenvalue weighted by molar-refractivity contribution is 5.72. The SMILES string of the molecule is CCOC(=O)C1CCN(c2cc(C)ncn2)CC1. The third-order valence-electron chi connectivity index (χ3n) is 3.23. The van der Waals surface area contributed by atoms with E-state index >= 15 is 0 Å². The van der Waals surface area contributed by atoms with Gasteiger partial charge in [-0.2, -0.15) is 0 Å². The van der Waals surface area contributed by atoms with Crippen LogP contribution >= 0.6 is 0 Å². The molecule has 0 amide bonds. The molecule has 1 saturated heterocycles. The van der Waals surface area contributed by atoms with Crippen molar-refractivity contribution in [2.24, 2.45) is 5.92 Å². The molecule has 0 radical (unpaired) electrons. The van der Waals surface area contributed by atoms with Gasteiger partial charge in [0.2, 0.25) is 0 Å². The summed E-state index contributed by atoms with van der Waals surface area (Å²) in [7, 11) is 0. The number of esters is 1. The van der Waals surface area contributed by atoms with Crippen molar-refractivity contribution < 1.29 is 9.53 Å². The second-order valence-corrected chi connectivity index (χ2v) is 4.53. The number of rotatable bonds is 3. The van der Waals surface area contributed by atoms with E-state index in [1.165, 1.54) is 0 Å². The minimum atomic E-state index is -0.0592. The van der Waals surface area contributed by atoms with E-state index in [-0.39, 0.29) is 11.9 Å². The smallest absolute Gasteiger partial charge is 0.309 e. The summed E-state index contributed by atoms with van der Waals surface area (Å²) in [5, 5.41) is 0. The van der Waals surface area contributed by atoms with E-state index in [2.05, 4.69) is 14.9 Å². The van der Waals surface area contributed by atoms with Crippen molar-refractivity contribution in [2.75, 3.05) is 24.6 Å². The lowest BCUT2D eigenvalue weighted by molar-refractivity contribution is -0.148. The highest BCUT2D eigenvalue weighted by Crippen LogP contribution is 2.22. The van der Waals surface area contributed by atoms with Gasteiger partial charge in [0.1, 0.15) is 12.1 Å². The number of anilines is 1. The maximum absolute atomic E-state index is 11.6. The summed E-state index contributed by atoms with van der Waals surface area (Å²) in [5.41, 5.74) is 0.965. The molecule has 1 fully saturated rings. The molecule has 0 bridgehead atoms. The highest BCUT2D eigenvalue weighted by Gasteiger charge is 2.26. The zero-order chi connectivity index (χ0) is 13.0. The van der Waals surface area contributed by atoms with Crippen LogP contribution in [0.4, 0.5) is 5.82 Å². The summed E-state index contributed by atoms with van der Waals surface area (Å²) in [6.45, 7) is 5.96. The number of carbonyl (C=O) groups excluding carboxylic acids is 1. The van der Waals surface area contributed by atoms with Gasteiger partial charge >= 0.3 is 5.97 Å². The Morgan fingerprint density at radius 1 is 1.44 bits per heavy atom. The number of aromatic nitrogens is 2. The Kier molecular flexibility index (Phi) is 4.12. The van der Waals surface area contributed by atoms with Crippen LogP contribution in [-0.4, -0.2) is 35.6 Å². The van der Waals surface area contributed by atoms with Crippen molar-refractivity contribution in [1.82, 2.24) is 9.97 Å². The van der Waals surface area contributed by atoms with Crippen LogP contribution in [0.25, 0.3) is 0 Å². The predicted molar refractivity (Wildman–Crippen MR) is 68.3 cm³/mol. The Bertz CT molecular complexity index is 414. The van der Waals surface area contributed by atoms with Gasteiger partial charge in [0, 0.05) is 24.8 Å². The summed E-state index contributed by atoms with van der Waals surface area (Å²) in [6.07, 6.45) is 3.26. The van der Waals surface area contributed by atoms with Gasteiger partial charge in [-0.05, 0) is 26.7 Å². The maximum atomic E-state index is 11.6. The first-order chi connectivity index (χ1) is 8.70. The van der Waals surface area contributed by atoms with Crippen LogP contribution in [0.5, 0.6) is 0 Å². The molecule has 0 atom stereocenters. The van der Waals surface area contributed by atoms with E-state index in [1.54, 1.807) is 6.33 Å². The normalized spacial score (nSPS) is 16.7. The molecule has 1 aromatic rings. The van der Waals surface area contributed by atoms with E-state index < -0.39 is 0 Å². The number of hydrogen-bond donors (Lipinski definition) is 0. The molecule has 0 aromatic carbocycles. The lowest BCUT2D eigenvalue weighted by atomic mass is 9.97. The molecule has 5 heteroatoms. The molecule has 0 unspecified atom stereocenters. The van der Waals surface area contributed by atoms with Gasteiger partial charge in [-0.3, -0.25) is 4.79 Å².